The molecule has 1 heterocycles. The molecule has 3 rings (SSSR count). The van der Waals surface area contributed by atoms with Gasteiger partial charge in [0.1, 0.15) is 11.9 Å². The van der Waals surface area contributed by atoms with Crippen molar-refractivity contribution < 1.29 is 9.47 Å². The van der Waals surface area contributed by atoms with Gasteiger partial charge in [-0.05, 0) is 48.9 Å². The van der Waals surface area contributed by atoms with Crippen LogP contribution in [0.5, 0.6) is 11.6 Å². The third kappa shape index (κ3) is 5.88. The van der Waals surface area contributed by atoms with E-state index in [1.807, 2.05) is 36.5 Å². The third-order valence-electron chi connectivity index (χ3n) is 4.66. The maximum atomic E-state index is 5.91. The fraction of sp³-hybridized carbons (Fsp3) is 0.429. The minimum atomic E-state index is 0.334. The number of hydrogen-bond acceptors (Lipinski definition) is 4. The number of nitrogens with one attached hydrogen (secondary N) is 2. The largest absolute Gasteiger partial charge is 0.497 e. The molecule has 27 heavy (non-hydrogen) atoms. The molecule has 0 radical (unpaired) electrons. The average Bonchev–Trinajstić information content (AvgIpc) is 3.22. The van der Waals surface area contributed by atoms with E-state index in [1.54, 1.807) is 14.2 Å². The molecule has 0 spiro atoms. The average molecular weight is 368 g/mol. The fourth-order valence-electron chi connectivity index (χ4n) is 3.14. The van der Waals surface area contributed by atoms with Crippen molar-refractivity contribution in [3.63, 3.8) is 0 Å². The lowest BCUT2D eigenvalue weighted by atomic mass is 10.2. The maximum Gasteiger partial charge on any atom is 0.213 e. The Hall–Kier alpha value is -2.76. The highest BCUT2D eigenvalue weighted by molar-refractivity contribution is 5.79. The first-order chi connectivity index (χ1) is 13.3. The Bertz CT molecular complexity index is 740. The second-order valence-electron chi connectivity index (χ2n) is 6.66. The fourth-order valence-corrected chi connectivity index (χ4v) is 3.14. The summed E-state index contributed by atoms with van der Waals surface area (Å²) in [5.41, 5.74) is 2.21. The Morgan fingerprint density at radius 1 is 1.11 bits per heavy atom. The molecule has 2 N–H and O–H groups in total. The van der Waals surface area contributed by atoms with Crippen molar-refractivity contribution in [3.05, 3.63) is 53.7 Å². The number of ether oxygens (including phenoxy) is 2. The Balaban J connectivity index is 1.45. The van der Waals surface area contributed by atoms with Gasteiger partial charge in [-0.2, -0.15) is 0 Å². The number of aromatic nitrogens is 1. The predicted octanol–water partition coefficient (Wildman–Crippen LogP) is 3.28. The lowest BCUT2D eigenvalue weighted by Crippen LogP contribution is -2.36. The number of rotatable bonds is 7. The van der Waals surface area contributed by atoms with E-state index in [4.69, 9.17) is 9.47 Å². The first kappa shape index (κ1) is 19.0. The van der Waals surface area contributed by atoms with Crippen molar-refractivity contribution in [2.75, 3.05) is 14.2 Å². The molecule has 1 aromatic heterocycles. The molecule has 0 bridgehead atoms. The molecule has 0 saturated heterocycles. The zero-order valence-electron chi connectivity index (χ0n) is 16.1. The molecule has 0 unspecified atom stereocenters. The lowest BCUT2D eigenvalue weighted by molar-refractivity contribution is 0.201. The van der Waals surface area contributed by atoms with Crippen LogP contribution in [0.15, 0.2) is 47.6 Å². The molecule has 0 atom stereocenters. The molecule has 6 nitrogen and oxygen atoms in total. The van der Waals surface area contributed by atoms with Crippen molar-refractivity contribution >= 4 is 5.96 Å². The first-order valence-electron chi connectivity index (χ1n) is 9.46. The van der Waals surface area contributed by atoms with E-state index in [0.717, 1.165) is 35.7 Å². The minimum Gasteiger partial charge on any atom is -0.497 e. The molecule has 144 valence electrons. The summed E-state index contributed by atoms with van der Waals surface area (Å²) >= 11 is 0. The van der Waals surface area contributed by atoms with Gasteiger partial charge < -0.3 is 20.1 Å². The van der Waals surface area contributed by atoms with Crippen molar-refractivity contribution in [3.8, 4) is 11.6 Å². The predicted molar refractivity (Wildman–Crippen MR) is 107 cm³/mol. The van der Waals surface area contributed by atoms with E-state index in [0.29, 0.717) is 25.1 Å². The smallest absolute Gasteiger partial charge is 0.213 e. The van der Waals surface area contributed by atoms with Gasteiger partial charge in [-0.1, -0.05) is 18.2 Å². The molecule has 1 saturated carbocycles. The molecule has 1 aliphatic carbocycles. The summed E-state index contributed by atoms with van der Waals surface area (Å²) in [6, 6.07) is 12.0. The molecular formula is C21H28N4O2. The van der Waals surface area contributed by atoms with Crippen LogP contribution in [0.25, 0.3) is 0 Å². The van der Waals surface area contributed by atoms with E-state index in [9.17, 15) is 0 Å². The van der Waals surface area contributed by atoms with Crippen molar-refractivity contribution in [2.24, 2.45) is 4.99 Å². The van der Waals surface area contributed by atoms with Gasteiger partial charge in [0.2, 0.25) is 5.88 Å². The van der Waals surface area contributed by atoms with Gasteiger partial charge in [-0.15, -0.1) is 0 Å². The molecule has 1 aliphatic rings. The Morgan fingerprint density at radius 3 is 2.56 bits per heavy atom. The molecule has 6 heteroatoms. The zero-order valence-corrected chi connectivity index (χ0v) is 16.1. The van der Waals surface area contributed by atoms with Gasteiger partial charge in [0.15, 0.2) is 5.96 Å². The van der Waals surface area contributed by atoms with E-state index < -0.39 is 0 Å². The number of nitrogens with zero attached hydrogens (tertiary/aromatic N) is 2. The SMILES string of the molecule is CN=C(NCc1ccc(OC2CCCC2)nc1)NCc1cccc(OC)c1. The highest BCUT2D eigenvalue weighted by Gasteiger charge is 2.16. The summed E-state index contributed by atoms with van der Waals surface area (Å²) in [6.07, 6.45) is 6.98. The van der Waals surface area contributed by atoms with Crippen LogP contribution in [0.2, 0.25) is 0 Å². The molecule has 2 aromatic rings. The van der Waals surface area contributed by atoms with Crippen LogP contribution in [0.3, 0.4) is 0 Å². The quantitative estimate of drug-likeness (QED) is 0.580. The zero-order chi connectivity index (χ0) is 18.9. The second kappa shape index (κ2) is 9.80. The van der Waals surface area contributed by atoms with Crippen LogP contribution in [0, 0.1) is 0 Å². The molecular weight excluding hydrogens is 340 g/mol. The van der Waals surface area contributed by atoms with E-state index in [1.165, 1.54) is 12.8 Å². The van der Waals surface area contributed by atoms with Gasteiger partial charge >= 0.3 is 0 Å². The number of aliphatic imine (C=N–C) groups is 1. The Labute approximate surface area is 161 Å². The maximum absolute atomic E-state index is 5.91. The highest BCUT2D eigenvalue weighted by Crippen LogP contribution is 2.22. The van der Waals surface area contributed by atoms with Gasteiger partial charge in [-0.25, -0.2) is 4.98 Å². The topological polar surface area (TPSA) is 67.8 Å². The van der Waals surface area contributed by atoms with Crippen molar-refractivity contribution in [2.45, 2.75) is 44.9 Å². The molecule has 1 fully saturated rings. The number of pyridine rings is 1. The monoisotopic (exact) mass is 368 g/mol. The van der Waals surface area contributed by atoms with Crippen molar-refractivity contribution in [1.82, 2.24) is 15.6 Å². The summed E-state index contributed by atoms with van der Waals surface area (Å²) in [4.78, 5) is 8.69. The van der Waals surface area contributed by atoms with Crippen LogP contribution in [-0.4, -0.2) is 31.2 Å². The normalized spacial score (nSPS) is 14.8. The summed E-state index contributed by atoms with van der Waals surface area (Å²) in [6.45, 7) is 1.32. The standard InChI is InChI=1S/C21H28N4O2/c1-22-21(24-13-16-6-5-9-19(12-16)26-2)25-15-17-10-11-20(23-14-17)27-18-7-3-4-8-18/h5-6,9-12,14,18H,3-4,7-8,13,15H2,1-2H3,(H2,22,24,25). The highest BCUT2D eigenvalue weighted by atomic mass is 16.5. The third-order valence-corrected chi connectivity index (χ3v) is 4.66. The summed E-state index contributed by atoms with van der Waals surface area (Å²) < 4.78 is 11.2. The van der Waals surface area contributed by atoms with Crippen LogP contribution < -0.4 is 20.1 Å². The molecule has 0 amide bonds. The van der Waals surface area contributed by atoms with E-state index >= 15 is 0 Å². The number of benzene rings is 1. The minimum absolute atomic E-state index is 0.334. The first-order valence-corrected chi connectivity index (χ1v) is 9.46. The molecule has 1 aromatic carbocycles. The van der Waals surface area contributed by atoms with Gasteiger partial charge in [0.25, 0.3) is 0 Å². The molecule has 0 aliphatic heterocycles. The Morgan fingerprint density at radius 2 is 1.89 bits per heavy atom. The second-order valence-corrected chi connectivity index (χ2v) is 6.66. The van der Waals surface area contributed by atoms with Crippen molar-refractivity contribution in [1.29, 1.82) is 0 Å². The number of methoxy groups -OCH3 is 1. The number of guanidine groups is 1. The summed E-state index contributed by atoms with van der Waals surface area (Å²) in [5.74, 6) is 2.30. The van der Waals surface area contributed by atoms with Crippen LogP contribution in [0.4, 0.5) is 0 Å². The summed E-state index contributed by atoms with van der Waals surface area (Å²) in [7, 11) is 3.43. The van der Waals surface area contributed by atoms with Crippen LogP contribution in [0.1, 0.15) is 36.8 Å². The van der Waals surface area contributed by atoms with Crippen LogP contribution >= 0.6 is 0 Å². The van der Waals surface area contributed by atoms with Gasteiger partial charge in [0.05, 0.1) is 7.11 Å². The van der Waals surface area contributed by atoms with Crippen LogP contribution in [-0.2, 0) is 13.1 Å². The summed E-state index contributed by atoms with van der Waals surface area (Å²) in [5, 5.41) is 6.61. The Kier molecular flexibility index (Phi) is 6.90. The van der Waals surface area contributed by atoms with Gasteiger partial charge in [0, 0.05) is 32.4 Å². The van der Waals surface area contributed by atoms with E-state index in [2.05, 4.69) is 26.7 Å². The van der Waals surface area contributed by atoms with E-state index in [-0.39, 0.29) is 0 Å². The number of hydrogen-bond donors (Lipinski definition) is 2. The van der Waals surface area contributed by atoms with Gasteiger partial charge in [-0.3, -0.25) is 4.99 Å². The lowest BCUT2D eigenvalue weighted by Gasteiger charge is -2.14.